The van der Waals surface area contributed by atoms with Crippen molar-refractivity contribution in [2.45, 2.75) is 5.88 Å². The van der Waals surface area contributed by atoms with Crippen molar-refractivity contribution in [2.24, 2.45) is 7.05 Å². The minimum absolute atomic E-state index is 0.0617. The fourth-order valence-corrected chi connectivity index (χ4v) is 1.70. The van der Waals surface area contributed by atoms with Gasteiger partial charge in [-0.1, -0.05) is 0 Å². The molecule has 6 heteroatoms. The molecule has 15 heavy (non-hydrogen) atoms. The zero-order valence-corrected chi connectivity index (χ0v) is 8.73. The molecule has 0 saturated heterocycles. The SMILES string of the molecule is Cn1c(CCl)nc2ccc([N+](=O)[O-])cc21. The van der Waals surface area contributed by atoms with Gasteiger partial charge in [0.1, 0.15) is 5.82 Å². The molecule has 1 aromatic heterocycles. The van der Waals surface area contributed by atoms with Gasteiger partial charge in [0.05, 0.1) is 21.8 Å². The molecule has 0 unspecified atom stereocenters. The van der Waals surface area contributed by atoms with E-state index in [0.29, 0.717) is 11.7 Å². The van der Waals surface area contributed by atoms with Crippen LogP contribution in [0.3, 0.4) is 0 Å². The average molecular weight is 226 g/mol. The number of benzene rings is 1. The van der Waals surface area contributed by atoms with Crippen molar-refractivity contribution >= 4 is 28.3 Å². The fraction of sp³-hybridized carbons (Fsp3) is 0.222. The lowest BCUT2D eigenvalue weighted by Crippen LogP contribution is -1.94. The van der Waals surface area contributed by atoms with E-state index >= 15 is 0 Å². The Balaban J connectivity index is 2.70. The van der Waals surface area contributed by atoms with Crippen LogP contribution in [0.15, 0.2) is 18.2 Å². The molecule has 0 N–H and O–H groups in total. The number of aryl methyl sites for hydroxylation is 1. The molecule has 0 aliphatic rings. The number of imidazole rings is 1. The summed E-state index contributed by atoms with van der Waals surface area (Å²) in [5, 5.41) is 10.6. The zero-order chi connectivity index (χ0) is 11.0. The number of hydrogen-bond donors (Lipinski definition) is 0. The van der Waals surface area contributed by atoms with Gasteiger partial charge in [0.2, 0.25) is 0 Å². The van der Waals surface area contributed by atoms with Gasteiger partial charge in [-0.15, -0.1) is 11.6 Å². The highest BCUT2D eigenvalue weighted by Gasteiger charge is 2.11. The zero-order valence-electron chi connectivity index (χ0n) is 7.98. The molecule has 0 fully saturated rings. The number of non-ortho nitro benzene ring substituents is 1. The normalized spacial score (nSPS) is 10.8. The molecule has 0 aliphatic carbocycles. The van der Waals surface area contributed by atoms with Crippen molar-refractivity contribution in [1.29, 1.82) is 0 Å². The van der Waals surface area contributed by atoms with E-state index in [2.05, 4.69) is 4.98 Å². The molecule has 2 aromatic rings. The molecule has 1 aromatic carbocycles. The van der Waals surface area contributed by atoms with Gasteiger partial charge in [-0.2, -0.15) is 0 Å². The first-order valence-electron chi connectivity index (χ1n) is 4.29. The summed E-state index contributed by atoms with van der Waals surface area (Å²) in [5.74, 6) is 0.992. The van der Waals surface area contributed by atoms with Crippen LogP contribution in [-0.4, -0.2) is 14.5 Å². The Labute approximate surface area is 90.4 Å². The van der Waals surface area contributed by atoms with Gasteiger partial charge >= 0.3 is 0 Å². The van der Waals surface area contributed by atoms with Gasteiger partial charge in [0.25, 0.3) is 5.69 Å². The van der Waals surface area contributed by atoms with Gasteiger partial charge in [-0.05, 0) is 6.07 Å². The predicted molar refractivity (Wildman–Crippen MR) is 56.9 cm³/mol. The van der Waals surface area contributed by atoms with E-state index in [4.69, 9.17) is 11.6 Å². The maximum Gasteiger partial charge on any atom is 0.271 e. The first-order chi connectivity index (χ1) is 7.13. The van der Waals surface area contributed by atoms with Gasteiger partial charge in [-0.25, -0.2) is 4.98 Å². The molecule has 0 spiro atoms. The van der Waals surface area contributed by atoms with E-state index in [9.17, 15) is 10.1 Å². The summed E-state index contributed by atoms with van der Waals surface area (Å²) in [5.41, 5.74) is 1.50. The number of aromatic nitrogens is 2. The van der Waals surface area contributed by atoms with Crippen molar-refractivity contribution in [3.63, 3.8) is 0 Å². The first kappa shape index (κ1) is 9.92. The summed E-state index contributed by atoms with van der Waals surface area (Å²) in [6.45, 7) is 0. The second kappa shape index (κ2) is 3.51. The van der Waals surface area contributed by atoms with Crippen LogP contribution in [0.2, 0.25) is 0 Å². The quantitative estimate of drug-likeness (QED) is 0.447. The Morgan fingerprint density at radius 2 is 2.33 bits per heavy atom. The van der Waals surface area contributed by atoms with Crippen LogP contribution in [-0.2, 0) is 12.9 Å². The van der Waals surface area contributed by atoms with Crippen molar-refractivity contribution < 1.29 is 4.92 Å². The molecule has 1 heterocycles. The average Bonchev–Trinajstić information content (AvgIpc) is 2.55. The highest BCUT2D eigenvalue weighted by molar-refractivity contribution is 6.16. The van der Waals surface area contributed by atoms with E-state index in [0.717, 1.165) is 11.0 Å². The van der Waals surface area contributed by atoms with Crippen molar-refractivity contribution in [3.8, 4) is 0 Å². The van der Waals surface area contributed by atoms with E-state index < -0.39 is 4.92 Å². The minimum atomic E-state index is -0.424. The number of fused-ring (bicyclic) bond motifs is 1. The van der Waals surface area contributed by atoms with Crippen molar-refractivity contribution in [3.05, 3.63) is 34.1 Å². The molecule has 5 nitrogen and oxygen atoms in total. The smallest absolute Gasteiger partial charge is 0.271 e. The van der Waals surface area contributed by atoms with Crippen LogP contribution in [0, 0.1) is 10.1 Å². The molecule has 0 saturated carbocycles. The second-order valence-electron chi connectivity index (χ2n) is 3.15. The molecule has 0 amide bonds. The number of nitrogens with zero attached hydrogens (tertiary/aromatic N) is 3. The molecule has 0 bridgehead atoms. The lowest BCUT2D eigenvalue weighted by Gasteiger charge is -1.97. The molecule has 0 aliphatic heterocycles. The summed E-state index contributed by atoms with van der Waals surface area (Å²) < 4.78 is 1.76. The maximum atomic E-state index is 10.6. The lowest BCUT2D eigenvalue weighted by atomic mass is 10.3. The first-order valence-corrected chi connectivity index (χ1v) is 4.82. The summed E-state index contributed by atoms with van der Waals surface area (Å²) in [7, 11) is 1.79. The topological polar surface area (TPSA) is 61.0 Å². The van der Waals surface area contributed by atoms with Crippen LogP contribution < -0.4 is 0 Å². The van der Waals surface area contributed by atoms with Crippen molar-refractivity contribution in [2.75, 3.05) is 0 Å². The maximum absolute atomic E-state index is 10.6. The predicted octanol–water partition coefficient (Wildman–Crippen LogP) is 2.22. The highest BCUT2D eigenvalue weighted by atomic mass is 35.5. The van der Waals surface area contributed by atoms with Gasteiger partial charge in [0.15, 0.2) is 0 Å². The minimum Gasteiger partial charge on any atom is -0.330 e. The van der Waals surface area contributed by atoms with Gasteiger partial charge in [0, 0.05) is 19.2 Å². The van der Waals surface area contributed by atoms with E-state index in [-0.39, 0.29) is 5.69 Å². The Hall–Kier alpha value is -1.62. The van der Waals surface area contributed by atoms with Gasteiger partial charge in [-0.3, -0.25) is 10.1 Å². The Kier molecular flexibility index (Phi) is 2.32. The summed E-state index contributed by atoms with van der Waals surface area (Å²) >= 11 is 5.69. The third-order valence-electron chi connectivity index (χ3n) is 2.29. The number of rotatable bonds is 2. The molecular formula is C9H8ClN3O2. The van der Waals surface area contributed by atoms with Crippen LogP contribution in [0.4, 0.5) is 5.69 Å². The van der Waals surface area contributed by atoms with Crippen LogP contribution in [0.5, 0.6) is 0 Å². The van der Waals surface area contributed by atoms with Crippen LogP contribution in [0.25, 0.3) is 11.0 Å². The Bertz CT molecular complexity index is 535. The third-order valence-corrected chi connectivity index (χ3v) is 2.53. The van der Waals surface area contributed by atoms with Crippen LogP contribution >= 0.6 is 11.6 Å². The summed E-state index contributed by atoms with van der Waals surface area (Å²) in [4.78, 5) is 14.4. The Morgan fingerprint density at radius 3 is 2.93 bits per heavy atom. The Morgan fingerprint density at radius 1 is 1.60 bits per heavy atom. The lowest BCUT2D eigenvalue weighted by molar-refractivity contribution is -0.384. The molecule has 0 radical (unpaired) electrons. The van der Waals surface area contributed by atoms with Gasteiger partial charge < -0.3 is 4.57 Å². The highest BCUT2D eigenvalue weighted by Crippen LogP contribution is 2.21. The number of nitro groups is 1. The summed E-state index contributed by atoms with van der Waals surface area (Å²) in [6, 6.07) is 4.56. The number of alkyl halides is 1. The second-order valence-corrected chi connectivity index (χ2v) is 3.42. The number of nitro benzene ring substituents is 1. The van der Waals surface area contributed by atoms with E-state index in [1.807, 2.05) is 0 Å². The number of halogens is 1. The van der Waals surface area contributed by atoms with E-state index in [1.54, 1.807) is 17.7 Å². The van der Waals surface area contributed by atoms with Crippen LogP contribution in [0.1, 0.15) is 5.82 Å². The van der Waals surface area contributed by atoms with Crippen molar-refractivity contribution in [1.82, 2.24) is 9.55 Å². The fourth-order valence-electron chi connectivity index (χ4n) is 1.46. The summed E-state index contributed by atoms with van der Waals surface area (Å²) in [6.07, 6.45) is 0. The molecule has 0 atom stereocenters. The van der Waals surface area contributed by atoms with E-state index in [1.165, 1.54) is 12.1 Å². The molecule has 78 valence electrons. The molecular weight excluding hydrogens is 218 g/mol. The third kappa shape index (κ3) is 1.55. The standard InChI is InChI=1S/C9H8ClN3O2/c1-12-8-4-6(13(14)15)2-3-7(8)11-9(12)5-10/h2-4H,5H2,1H3. The monoisotopic (exact) mass is 225 g/mol. The number of hydrogen-bond acceptors (Lipinski definition) is 3. The molecule has 2 rings (SSSR count). The largest absolute Gasteiger partial charge is 0.330 e.